The normalized spacial score (nSPS) is 18.6. The topological polar surface area (TPSA) is 83.6 Å². The van der Waals surface area contributed by atoms with Crippen molar-refractivity contribution in [3.8, 4) is 0 Å². The number of ketones is 1. The Morgan fingerprint density at radius 1 is 0.976 bits per heavy atom. The number of halogens is 3. The molecule has 4 rings (SSSR count). The molecule has 216 valence electrons. The maximum absolute atomic E-state index is 14.5. The predicted molar refractivity (Wildman–Crippen MR) is 166 cm³/mol. The molecular formula is C31H31BrCl2N2O4S. The highest BCUT2D eigenvalue weighted by Gasteiger charge is 2.45. The number of benzene rings is 3. The number of nitrogens with one attached hydrogen (secondary N) is 1. The van der Waals surface area contributed by atoms with E-state index in [-0.39, 0.29) is 28.6 Å². The van der Waals surface area contributed by atoms with Crippen molar-refractivity contribution in [3.05, 3.63) is 110 Å². The molecule has 0 aliphatic carbocycles. The van der Waals surface area contributed by atoms with Crippen molar-refractivity contribution in [2.45, 2.75) is 56.6 Å². The van der Waals surface area contributed by atoms with Gasteiger partial charge in [-0.2, -0.15) is 4.31 Å². The molecule has 0 spiro atoms. The molecule has 0 saturated heterocycles. The zero-order chi connectivity index (χ0) is 29.9. The van der Waals surface area contributed by atoms with Crippen LogP contribution in [-0.4, -0.2) is 30.5 Å². The molecule has 0 saturated carbocycles. The Labute approximate surface area is 259 Å². The fourth-order valence-corrected chi connectivity index (χ4v) is 7.58. The zero-order valence-electron chi connectivity index (χ0n) is 22.9. The smallest absolute Gasteiger partial charge is 0.249 e. The van der Waals surface area contributed by atoms with Gasteiger partial charge in [-0.05, 0) is 85.3 Å². The molecule has 0 fully saturated rings. The zero-order valence-corrected chi connectivity index (χ0v) is 26.8. The first kappa shape index (κ1) is 31.4. The van der Waals surface area contributed by atoms with Crippen LogP contribution < -0.4 is 5.32 Å². The minimum atomic E-state index is -4.20. The molecule has 1 N–H and O–H groups in total. The van der Waals surface area contributed by atoms with Crippen LogP contribution in [0.1, 0.15) is 56.8 Å². The molecule has 1 amide bonds. The van der Waals surface area contributed by atoms with Crippen LogP contribution in [0.15, 0.2) is 93.8 Å². The third-order valence-corrected chi connectivity index (χ3v) is 9.84. The summed E-state index contributed by atoms with van der Waals surface area (Å²) in [7, 11) is -4.20. The van der Waals surface area contributed by atoms with E-state index in [1.807, 2.05) is 38.1 Å². The molecule has 10 heteroatoms. The molecule has 6 nitrogen and oxygen atoms in total. The number of carbonyl (C=O) groups is 2. The third kappa shape index (κ3) is 7.30. The first-order chi connectivity index (χ1) is 19.4. The lowest BCUT2D eigenvalue weighted by Gasteiger charge is -2.41. The second-order valence-electron chi connectivity index (χ2n) is 10.5. The van der Waals surface area contributed by atoms with Crippen LogP contribution >= 0.6 is 39.1 Å². The van der Waals surface area contributed by atoms with E-state index in [0.29, 0.717) is 22.0 Å². The van der Waals surface area contributed by atoms with Gasteiger partial charge in [0.1, 0.15) is 0 Å². The molecule has 41 heavy (non-hydrogen) atoms. The van der Waals surface area contributed by atoms with E-state index in [0.717, 1.165) is 10.0 Å². The van der Waals surface area contributed by atoms with Gasteiger partial charge in [0.15, 0.2) is 5.78 Å². The molecule has 3 aromatic rings. The van der Waals surface area contributed by atoms with E-state index in [4.69, 9.17) is 23.2 Å². The van der Waals surface area contributed by atoms with Crippen molar-refractivity contribution in [2.75, 3.05) is 0 Å². The second kappa shape index (κ2) is 13.2. The lowest BCUT2D eigenvalue weighted by atomic mass is 9.88. The molecule has 1 aliphatic rings. The standard InChI is InChI=1S/C31H31BrCl2N2O4S/c1-19(2)16-28(20(3)37)35-31(38)27-14-15-29(21-6-4-8-23(32)17-21)36(30(27)22-7-5-9-25(34)18-22)41(39,40)26-12-10-24(33)11-13-26/h4-14,17-19,28-30H,15-16H2,1-3H3,(H,35,38)/t28-,29-,30-/m0/s1. The number of hydrogen-bond acceptors (Lipinski definition) is 4. The van der Waals surface area contributed by atoms with Crippen LogP contribution in [0.2, 0.25) is 10.0 Å². The molecule has 1 aliphatic heterocycles. The number of hydrogen-bond donors (Lipinski definition) is 1. The lowest BCUT2D eigenvalue weighted by molar-refractivity contribution is -0.125. The summed E-state index contributed by atoms with van der Waals surface area (Å²) >= 11 is 16.0. The minimum Gasteiger partial charge on any atom is -0.342 e. The third-order valence-electron chi connectivity index (χ3n) is 6.97. The van der Waals surface area contributed by atoms with Crippen molar-refractivity contribution in [2.24, 2.45) is 5.92 Å². The number of amides is 1. The molecule has 1 heterocycles. The fourth-order valence-electron chi connectivity index (χ4n) is 5.06. The lowest BCUT2D eigenvalue weighted by Crippen LogP contribution is -2.47. The maximum atomic E-state index is 14.5. The van der Waals surface area contributed by atoms with E-state index in [1.165, 1.54) is 35.5 Å². The van der Waals surface area contributed by atoms with Gasteiger partial charge in [-0.15, -0.1) is 0 Å². The van der Waals surface area contributed by atoms with Crippen molar-refractivity contribution >= 4 is 60.8 Å². The average molecular weight is 678 g/mol. The van der Waals surface area contributed by atoms with Gasteiger partial charge < -0.3 is 5.32 Å². The van der Waals surface area contributed by atoms with Crippen LogP contribution in [0.4, 0.5) is 0 Å². The Kier molecular flexibility index (Phi) is 10.1. The Morgan fingerprint density at radius 3 is 2.24 bits per heavy atom. The minimum absolute atomic E-state index is 0.0389. The molecule has 0 unspecified atom stereocenters. The van der Waals surface area contributed by atoms with Crippen LogP contribution in [0, 0.1) is 5.92 Å². The summed E-state index contributed by atoms with van der Waals surface area (Å²) in [5, 5.41) is 3.68. The summed E-state index contributed by atoms with van der Waals surface area (Å²) in [4.78, 5) is 26.4. The highest BCUT2D eigenvalue weighted by Crippen LogP contribution is 2.46. The van der Waals surface area contributed by atoms with E-state index >= 15 is 0 Å². The second-order valence-corrected chi connectivity index (χ2v) is 14.1. The van der Waals surface area contributed by atoms with Crippen LogP contribution in [0.25, 0.3) is 0 Å². The number of sulfonamides is 1. The molecular weight excluding hydrogens is 647 g/mol. The van der Waals surface area contributed by atoms with Crippen LogP contribution in [0.5, 0.6) is 0 Å². The monoisotopic (exact) mass is 676 g/mol. The van der Waals surface area contributed by atoms with Gasteiger partial charge in [0.25, 0.3) is 0 Å². The Hall–Kier alpha value is -2.49. The summed E-state index contributed by atoms with van der Waals surface area (Å²) in [5.74, 6) is -0.504. The maximum Gasteiger partial charge on any atom is 0.249 e. The van der Waals surface area contributed by atoms with E-state index in [9.17, 15) is 18.0 Å². The summed E-state index contributed by atoms with van der Waals surface area (Å²) in [6.07, 6.45) is 2.47. The van der Waals surface area contributed by atoms with E-state index in [2.05, 4.69) is 21.2 Å². The van der Waals surface area contributed by atoms with Crippen molar-refractivity contribution in [1.29, 1.82) is 0 Å². The van der Waals surface area contributed by atoms with Gasteiger partial charge in [0.05, 0.1) is 23.0 Å². The summed E-state index contributed by atoms with van der Waals surface area (Å²) in [6.45, 7) is 5.39. The van der Waals surface area contributed by atoms with Gasteiger partial charge >= 0.3 is 0 Å². The fraction of sp³-hybridized carbons (Fsp3) is 0.290. The average Bonchev–Trinajstić information content (AvgIpc) is 2.91. The van der Waals surface area contributed by atoms with E-state index < -0.39 is 34.1 Å². The van der Waals surface area contributed by atoms with E-state index in [1.54, 1.807) is 30.3 Å². The van der Waals surface area contributed by atoms with Gasteiger partial charge in [0.2, 0.25) is 15.9 Å². The van der Waals surface area contributed by atoms with Crippen molar-refractivity contribution in [1.82, 2.24) is 9.62 Å². The Morgan fingerprint density at radius 2 is 1.63 bits per heavy atom. The highest BCUT2D eigenvalue weighted by atomic mass is 79.9. The van der Waals surface area contributed by atoms with Gasteiger partial charge in [-0.25, -0.2) is 8.42 Å². The molecule has 0 aromatic heterocycles. The molecule has 0 bridgehead atoms. The number of carbonyl (C=O) groups excluding carboxylic acids is 2. The van der Waals surface area contributed by atoms with Gasteiger partial charge in [-0.3, -0.25) is 9.59 Å². The molecule has 3 atom stereocenters. The van der Waals surface area contributed by atoms with Crippen LogP contribution in [0.3, 0.4) is 0 Å². The van der Waals surface area contributed by atoms with Gasteiger partial charge in [0, 0.05) is 20.1 Å². The molecule has 3 aromatic carbocycles. The number of nitrogens with zero attached hydrogens (tertiary/aromatic N) is 1. The highest BCUT2D eigenvalue weighted by molar-refractivity contribution is 9.10. The molecule has 0 radical (unpaired) electrons. The SMILES string of the molecule is CC(=O)[C@H](CC(C)C)NC(=O)C1=CC[C@@H](c2cccc(Br)c2)N(S(=O)(=O)c2ccc(Cl)cc2)[C@H]1c1cccc(Cl)c1. The van der Waals surface area contributed by atoms with Crippen molar-refractivity contribution in [3.63, 3.8) is 0 Å². The Bertz CT molecular complexity index is 1570. The quantitative estimate of drug-likeness (QED) is 0.252. The van der Waals surface area contributed by atoms with Gasteiger partial charge in [-0.1, -0.05) is 83.3 Å². The number of rotatable bonds is 9. The summed E-state index contributed by atoms with van der Waals surface area (Å²) in [5.41, 5.74) is 1.51. The first-order valence-electron chi connectivity index (χ1n) is 13.2. The largest absolute Gasteiger partial charge is 0.342 e. The predicted octanol–water partition coefficient (Wildman–Crippen LogP) is 7.68. The number of Topliss-reactive ketones (excluding diaryl/α,β-unsaturated/α-hetero) is 1. The van der Waals surface area contributed by atoms with Crippen LogP contribution in [-0.2, 0) is 19.6 Å². The summed E-state index contributed by atoms with van der Waals surface area (Å²) in [6, 6.07) is 17.9. The first-order valence-corrected chi connectivity index (χ1v) is 16.2. The summed E-state index contributed by atoms with van der Waals surface area (Å²) < 4.78 is 31.2. The Balaban J connectivity index is 1.93. The van der Waals surface area contributed by atoms with Crippen molar-refractivity contribution < 1.29 is 18.0 Å².